The highest BCUT2D eigenvalue weighted by atomic mass is 16.3. The zero-order valence-electron chi connectivity index (χ0n) is 36.8. The van der Waals surface area contributed by atoms with E-state index in [4.69, 9.17) is 4.99 Å². The molecule has 5 heteroatoms. The lowest BCUT2D eigenvalue weighted by Gasteiger charge is -2.44. The van der Waals surface area contributed by atoms with Crippen molar-refractivity contribution in [2.75, 3.05) is 23.0 Å². The molecule has 5 nitrogen and oxygen atoms in total. The second-order valence-electron chi connectivity index (χ2n) is 17.6. The van der Waals surface area contributed by atoms with Gasteiger partial charge in [0.05, 0.1) is 29.7 Å². The first-order valence-corrected chi connectivity index (χ1v) is 23.9. The highest BCUT2D eigenvalue weighted by Crippen LogP contribution is 2.46. The third-order valence-corrected chi connectivity index (χ3v) is 13.2. The number of aliphatic hydroxyl groups excluding tert-OH is 1. The highest BCUT2D eigenvalue weighted by molar-refractivity contribution is 6.12. The lowest BCUT2D eigenvalue weighted by atomic mass is 9.88. The normalized spacial score (nSPS) is 18.7. The first-order valence-electron chi connectivity index (χ1n) is 23.9. The molecule has 0 bridgehead atoms. The Morgan fingerprint density at radius 1 is 0.593 bits per heavy atom. The van der Waals surface area contributed by atoms with Gasteiger partial charge >= 0.3 is 0 Å². The summed E-state index contributed by atoms with van der Waals surface area (Å²) < 4.78 is 0. The summed E-state index contributed by atoms with van der Waals surface area (Å²) in [7, 11) is 0. The molecule has 1 N–H and O–H groups in total. The van der Waals surface area contributed by atoms with Gasteiger partial charge in [-0.3, -0.25) is 9.98 Å². The molecule has 0 aliphatic heterocycles. The second kappa shape index (κ2) is 24.3. The zero-order chi connectivity index (χ0) is 41.1. The summed E-state index contributed by atoms with van der Waals surface area (Å²) in [5, 5.41) is 11.8. The maximum absolute atomic E-state index is 10.6. The fraction of sp³-hybridized carbons (Fsp3) is 0.556. The van der Waals surface area contributed by atoms with Gasteiger partial charge in [-0.05, 0) is 77.2 Å². The molecule has 4 aliphatic carbocycles. The van der Waals surface area contributed by atoms with Crippen molar-refractivity contribution in [3.05, 3.63) is 126 Å². The number of aliphatic hydroxyl groups is 1. The largest absolute Gasteiger partial charge is 0.394 e. The van der Waals surface area contributed by atoms with E-state index in [-0.39, 0.29) is 12.6 Å². The number of anilines is 2. The van der Waals surface area contributed by atoms with Crippen LogP contribution in [0.15, 0.2) is 114 Å². The summed E-state index contributed by atoms with van der Waals surface area (Å²) in [5.41, 5.74) is 7.76. The third kappa shape index (κ3) is 12.8. The van der Waals surface area contributed by atoms with E-state index in [0.717, 1.165) is 18.7 Å². The molecule has 8 rings (SSSR count). The van der Waals surface area contributed by atoms with Gasteiger partial charge in [-0.25, -0.2) is 0 Å². The van der Waals surface area contributed by atoms with Crippen LogP contribution < -0.4 is 15.2 Å². The van der Waals surface area contributed by atoms with Crippen LogP contribution in [0.3, 0.4) is 0 Å². The van der Waals surface area contributed by atoms with Gasteiger partial charge < -0.3 is 14.9 Å². The van der Waals surface area contributed by atoms with Gasteiger partial charge in [0.15, 0.2) is 0 Å². The first kappa shape index (κ1) is 44.6. The van der Waals surface area contributed by atoms with Gasteiger partial charge in [-0.2, -0.15) is 0 Å². The van der Waals surface area contributed by atoms with Crippen molar-refractivity contribution in [2.24, 2.45) is 9.98 Å². The molecular formula is C54H76N4O. The van der Waals surface area contributed by atoms with E-state index in [0.29, 0.717) is 24.2 Å². The molecule has 4 aromatic carbocycles. The Bertz CT molecular complexity index is 1650. The number of nitrogens with zero attached hydrogens (tertiary/aromatic N) is 4. The molecule has 1 atom stereocenters. The van der Waals surface area contributed by atoms with Gasteiger partial charge in [0, 0.05) is 41.8 Å². The minimum absolute atomic E-state index is 0.0657. The summed E-state index contributed by atoms with van der Waals surface area (Å²) in [6.07, 6.45) is 30.0. The Kier molecular flexibility index (Phi) is 18.4. The molecule has 4 saturated carbocycles. The molecule has 1 unspecified atom stereocenters. The van der Waals surface area contributed by atoms with Crippen molar-refractivity contribution in [1.29, 1.82) is 0 Å². The smallest absolute Gasteiger partial charge is 0.109 e. The maximum Gasteiger partial charge on any atom is 0.109 e. The van der Waals surface area contributed by atoms with Crippen LogP contribution >= 0.6 is 0 Å². The van der Waals surface area contributed by atoms with Crippen molar-refractivity contribution < 1.29 is 5.11 Å². The Hall–Kier alpha value is -3.96. The van der Waals surface area contributed by atoms with Crippen LogP contribution in [-0.4, -0.2) is 54.2 Å². The van der Waals surface area contributed by atoms with E-state index < -0.39 is 0 Å². The average Bonchev–Trinajstić information content (AvgIpc) is 3.99. The van der Waals surface area contributed by atoms with Gasteiger partial charge in [0.2, 0.25) is 0 Å². The number of allylic oxidation sites excluding steroid dienone is 1. The molecule has 4 aliphatic rings. The Labute approximate surface area is 358 Å². The maximum atomic E-state index is 10.6. The zero-order valence-corrected chi connectivity index (χ0v) is 36.8. The molecule has 0 saturated heterocycles. The molecule has 0 spiro atoms. The standard InChI is InChI=1S/C36H55N3O.C15H15N.C3H6/c40-27-29(26-28-16-6-1-7-17-28)37-34-35(38(30-18-8-2-9-19-30)31-20-10-3-11-21-31)36(34)39(32-22-12-4-13-23-32)33-24-14-5-15-25-33;1-2-16-15(13-9-5-3-6-10-13)14-11-7-4-8-12-14;1-3-2/h1,6-7,16-17,29-33,40H,2-5,8-15,18-27H2;3-12H,2H2,1H3;3H,1H2,2H3. The summed E-state index contributed by atoms with van der Waals surface area (Å²) in [5.74, 6) is 0. The molecular weight excluding hydrogens is 721 g/mol. The molecule has 59 heavy (non-hydrogen) atoms. The van der Waals surface area contributed by atoms with Crippen LogP contribution in [0.25, 0.3) is 0 Å². The summed E-state index contributed by atoms with van der Waals surface area (Å²) >= 11 is 0. The van der Waals surface area contributed by atoms with Crippen LogP contribution in [0.1, 0.15) is 159 Å². The lowest BCUT2D eigenvalue weighted by Crippen LogP contribution is -2.46. The molecule has 4 aromatic rings. The average molecular weight is 797 g/mol. The topological polar surface area (TPSA) is 51.4 Å². The summed E-state index contributed by atoms with van der Waals surface area (Å²) in [6, 6.07) is 34.0. The van der Waals surface area contributed by atoms with Gasteiger partial charge in [0.1, 0.15) is 5.36 Å². The number of hydrogen-bond donors (Lipinski definition) is 1. The van der Waals surface area contributed by atoms with Crippen LogP contribution in [0.2, 0.25) is 0 Å². The Balaban J connectivity index is 0.000000256. The number of benzene rings is 3. The number of hydrogen-bond acceptors (Lipinski definition) is 5. The van der Waals surface area contributed by atoms with Crippen molar-refractivity contribution >= 4 is 17.1 Å². The van der Waals surface area contributed by atoms with Crippen molar-refractivity contribution in [3.63, 3.8) is 0 Å². The van der Waals surface area contributed by atoms with Crippen molar-refractivity contribution in [2.45, 2.75) is 179 Å². The lowest BCUT2D eigenvalue weighted by molar-refractivity contribution is 0.264. The minimum Gasteiger partial charge on any atom is -0.394 e. The molecule has 4 fully saturated rings. The van der Waals surface area contributed by atoms with Crippen LogP contribution in [0.4, 0.5) is 11.4 Å². The number of aliphatic imine (C=N–C) groups is 1. The number of rotatable bonds is 13. The Morgan fingerprint density at radius 2 is 0.932 bits per heavy atom. The summed E-state index contributed by atoms with van der Waals surface area (Å²) in [4.78, 5) is 16.0. The van der Waals surface area contributed by atoms with Crippen LogP contribution in [-0.2, 0) is 6.42 Å². The molecule has 318 valence electrons. The van der Waals surface area contributed by atoms with Crippen LogP contribution in [0, 0.1) is 0 Å². The van der Waals surface area contributed by atoms with E-state index in [1.54, 1.807) is 6.08 Å². The van der Waals surface area contributed by atoms with Gasteiger partial charge in [0.25, 0.3) is 0 Å². The summed E-state index contributed by atoms with van der Waals surface area (Å²) in [6.45, 7) is 8.24. The van der Waals surface area contributed by atoms with E-state index >= 15 is 0 Å². The SMILES string of the molecule is C=CC.CCN=C(c1ccccc1)c1ccccc1.OCC(Cc1ccccc1)N=c1c(N(C2CCCCC2)C2CCCCC2)c1N(C1CCCCC1)C1CCCCC1. The van der Waals surface area contributed by atoms with Gasteiger partial charge in [-0.15, -0.1) is 6.58 Å². The first-order chi connectivity index (χ1) is 29.2. The van der Waals surface area contributed by atoms with Gasteiger partial charge in [-0.1, -0.05) is 174 Å². The van der Waals surface area contributed by atoms with Crippen molar-refractivity contribution in [3.8, 4) is 0 Å². The molecule has 0 amide bonds. The van der Waals surface area contributed by atoms with E-state index in [1.165, 1.54) is 162 Å². The van der Waals surface area contributed by atoms with Crippen LogP contribution in [0.5, 0.6) is 0 Å². The molecule has 0 radical (unpaired) electrons. The quantitative estimate of drug-likeness (QED) is 0.108. The fourth-order valence-corrected chi connectivity index (χ4v) is 10.5. The molecule has 0 heterocycles. The third-order valence-electron chi connectivity index (χ3n) is 13.2. The molecule has 0 aromatic heterocycles. The predicted molar refractivity (Wildman–Crippen MR) is 253 cm³/mol. The van der Waals surface area contributed by atoms with E-state index in [9.17, 15) is 5.11 Å². The fourth-order valence-electron chi connectivity index (χ4n) is 10.5. The monoisotopic (exact) mass is 797 g/mol. The van der Waals surface area contributed by atoms with Crippen molar-refractivity contribution in [1.82, 2.24) is 0 Å². The van der Waals surface area contributed by atoms with E-state index in [2.05, 4.69) is 82.9 Å². The predicted octanol–water partition coefficient (Wildman–Crippen LogP) is 12.7. The minimum atomic E-state index is -0.0657. The van der Waals surface area contributed by atoms with E-state index in [1.807, 2.05) is 43.3 Å². The second-order valence-corrected chi connectivity index (χ2v) is 17.6. The highest BCUT2D eigenvalue weighted by Gasteiger charge is 2.42. The Morgan fingerprint density at radius 3 is 1.25 bits per heavy atom.